The van der Waals surface area contributed by atoms with Crippen molar-refractivity contribution in [3.63, 3.8) is 0 Å². The van der Waals surface area contributed by atoms with Crippen LogP contribution in [-0.4, -0.2) is 42.2 Å². The lowest BCUT2D eigenvalue weighted by Gasteiger charge is -2.28. The van der Waals surface area contributed by atoms with Crippen LogP contribution in [0.3, 0.4) is 0 Å². The number of nitrogens with zero attached hydrogens (tertiary/aromatic N) is 2. The first-order valence-electron chi connectivity index (χ1n) is 8.83. The van der Waals surface area contributed by atoms with E-state index in [9.17, 15) is 19.6 Å². The predicted molar refractivity (Wildman–Crippen MR) is 100.0 cm³/mol. The maximum absolute atomic E-state index is 12.2. The van der Waals surface area contributed by atoms with Crippen molar-refractivity contribution < 1.29 is 19.1 Å². The standard InChI is InChI=1S/C19H21N3O4S/c1-19(12-20,13-6-7-13)21-16(23)10-26-18(25)8-9-22-14-4-2-3-5-15(14)27-11-17(22)24/h2-5,13H,6-11H2,1H3,(H,21,23)/t19-/m0/s1. The predicted octanol–water partition coefficient (Wildman–Crippen LogP) is 1.87. The van der Waals surface area contributed by atoms with Crippen molar-refractivity contribution in [2.45, 2.75) is 36.6 Å². The van der Waals surface area contributed by atoms with Crippen molar-refractivity contribution >= 4 is 35.2 Å². The Labute approximate surface area is 162 Å². The topological polar surface area (TPSA) is 99.5 Å². The van der Waals surface area contributed by atoms with Crippen LogP contribution in [-0.2, 0) is 19.1 Å². The van der Waals surface area contributed by atoms with Crippen LogP contribution in [0.25, 0.3) is 0 Å². The maximum atomic E-state index is 12.2. The third kappa shape index (κ3) is 4.61. The number of nitriles is 1. The van der Waals surface area contributed by atoms with E-state index in [2.05, 4.69) is 11.4 Å². The van der Waals surface area contributed by atoms with E-state index in [4.69, 9.17) is 4.74 Å². The minimum atomic E-state index is -0.912. The van der Waals surface area contributed by atoms with Gasteiger partial charge in [-0.25, -0.2) is 0 Å². The SMILES string of the molecule is C[C@@](C#N)(NC(=O)COC(=O)CCN1C(=O)CSc2ccccc21)C1CC1. The number of esters is 1. The van der Waals surface area contributed by atoms with Gasteiger partial charge in [-0.15, -0.1) is 11.8 Å². The Bertz CT molecular complexity index is 802. The molecule has 0 aromatic heterocycles. The number of thioether (sulfide) groups is 1. The van der Waals surface area contributed by atoms with E-state index >= 15 is 0 Å². The number of fused-ring (bicyclic) bond motifs is 1. The van der Waals surface area contributed by atoms with Gasteiger partial charge >= 0.3 is 5.97 Å². The molecule has 1 aromatic rings. The summed E-state index contributed by atoms with van der Waals surface area (Å²) in [5, 5.41) is 11.9. The van der Waals surface area contributed by atoms with Crippen LogP contribution in [0.4, 0.5) is 5.69 Å². The lowest BCUT2D eigenvalue weighted by atomic mass is 9.98. The smallest absolute Gasteiger partial charge is 0.308 e. The molecule has 0 unspecified atom stereocenters. The summed E-state index contributed by atoms with van der Waals surface area (Å²) >= 11 is 1.48. The molecule has 1 aliphatic carbocycles. The van der Waals surface area contributed by atoms with Crippen LogP contribution >= 0.6 is 11.8 Å². The van der Waals surface area contributed by atoms with Gasteiger partial charge in [-0.05, 0) is 37.8 Å². The van der Waals surface area contributed by atoms with Gasteiger partial charge in [0.2, 0.25) is 5.91 Å². The van der Waals surface area contributed by atoms with E-state index in [-0.39, 0.29) is 24.8 Å². The van der Waals surface area contributed by atoms with Crippen molar-refractivity contribution in [3.8, 4) is 6.07 Å². The van der Waals surface area contributed by atoms with Gasteiger partial charge in [0.25, 0.3) is 5.91 Å². The number of benzene rings is 1. The number of anilines is 1. The second kappa shape index (κ2) is 8.01. The van der Waals surface area contributed by atoms with Crippen LogP contribution in [0.15, 0.2) is 29.2 Å². The Morgan fingerprint density at radius 1 is 1.41 bits per heavy atom. The number of hydrogen-bond donors (Lipinski definition) is 1. The van der Waals surface area contributed by atoms with Gasteiger partial charge in [-0.2, -0.15) is 5.26 Å². The first-order chi connectivity index (χ1) is 12.9. The minimum Gasteiger partial charge on any atom is -0.456 e. The average Bonchev–Trinajstić information content (AvgIpc) is 3.51. The van der Waals surface area contributed by atoms with Crippen LogP contribution in [0.5, 0.6) is 0 Å². The van der Waals surface area contributed by atoms with Crippen molar-refractivity contribution in [2.24, 2.45) is 5.92 Å². The Morgan fingerprint density at radius 2 is 2.15 bits per heavy atom. The Hall–Kier alpha value is -2.53. The highest BCUT2D eigenvalue weighted by Gasteiger charge is 2.43. The monoisotopic (exact) mass is 387 g/mol. The van der Waals surface area contributed by atoms with E-state index in [0.717, 1.165) is 23.4 Å². The molecular weight excluding hydrogens is 366 g/mol. The number of rotatable bonds is 7. The van der Waals surface area contributed by atoms with E-state index in [1.807, 2.05) is 24.3 Å². The summed E-state index contributed by atoms with van der Waals surface area (Å²) in [6.07, 6.45) is 1.82. The Balaban J connectivity index is 1.47. The van der Waals surface area contributed by atoms with Gasteiger partial charge in [0, 0.05) is 11.4 Å². The quantitative estimate of drug-likeness (QED) is 0.717. The molecule has 142 valence electrons. The van der Waals surface area contributed by atoms with E-state index < -0.39 is 24.0 Å². The number of amides is 2. The van der Waals surface area contributed by atoms with Crippen LogP contribution in [0.2, 0.25) is 0 Å². The van der Waals surface area contributed by atoms with Gasteiger partial charge in [0.15, 0.2) is 6.61 Å². The molecule has 0 radical (unpaired) electrons. The molecular formula is C19H21N3O4S. The molecule has 1 fully saturated rings. The second-order valence-corrected chi connectivity index (χ2v) is 7.87. The highest BCUT2D eigenvalue weighted by atomic mass is 32.2. The van der Waals surface area contributed by atoms with E-state index in [1.54, 1.807) is 11.8 Å². The van der Waals surface area contributed by atoms with Crippen molar-refractivity contribution in [1.29, 1.82) is 5.26 Å². The number of carbonyl (C=O) groups excluding carboxylic acids is 3. The first-order valence-corrected chi connectivity index (χ1v) is 9.81. The molecule has 1 N–H and O–H groups in total. The fraction of sp³-hybridized carbons (Fsp3) is 0.474. The molecule has 1 aliphatic heterocycles. The van der Waals surface area contributed by atoms with Gasteiger partial charge in [0.1, 0.15) is 5.54 Å². The maximum Gasteiger partial charge on any atom is 0.308 e. The molecule has 2 aliphatic rings. The van der Waals surface area contributed by atoms with Crippen molar-refractivity contribution in [2.75, 3.05) is 23.8 Å². The molecule has 7 nitrogen and oxygen atoms in total. The fourth-order valence-corrected chi connectivity index (χ4v) is 3.96. The summed E-state index contributed by atoms with van der Waals surface area (Å²) in [7, 11) is 0. The van der Waals surface area contributed by atoms with Crippen LogP contribution in [0, 0.1) is 17.2 Å². The molecule has 0 bridgehead atoms. The summed E-state index contributed by atoms with van der Waals surface area (Å²) < 4.78 is 5.01. The van der Waals surface area contributed by atoms with Crippen molar-refractivity contribution in [1.82, 2.24) is 5.32 Å². The van der Waals surface area contributed by atoms with Crippen LogP contribution < -0.4 is 10.2 Å². The molecule has 0 spiro atoms. The van der Waals surface area contributed by atoms with Crippen LogP contribution in [0.1, 0.15) is 26.2 Å². The summed E-state index contributed by atoms with van der Waals surface area (Å²) in [5.74, 6) is -0.611. The van der Waals surface area contributed by atoms with Crippen molar-refractivity contribution in [3.05, 3.63) is 24.3 Å². The minimum absolute atomic E-state index is 0.00381. The van der Waals surface area contributed by atoms with Gasteiger partial charge < -0.3 is 15.0 Å². The van der Waals surface area contributed by atoms with E-state index in [1.165, 1.54) is 11.8 Å². The highest BCUT2D eigenvalue weighted by Crippen LogP contribution is 2.39. The van der Waals surface area contributed by atoms with E-state index in [0.29, 0.717) is 5.75 Å². The first kappa shape index (κ1) is 19.2. The fourth-order valence-electron chi connectivity index (χ4n) is 3.03. The average molecular weight is 387 g/mol. The zero-order chi connectivity index (χ0) is 19.4. The third-order valence-electron chi connectivity index (χ3n) is 4.74. The summed E-state index contributed by atoms with van der Waals surface area (Å²) in [4.78, 5) is 38.7. The third-order valence-corrected chi connectivity index (χ3v) is 5.78. The molecule has 0 saturated heterocycles. The molecule has 2 amide bonds. The normalized spacial score (nSPS) is 18.1. The van der Waals surface area contributed by atoms with Gasteiger partial charge in [-0.1, -0.05) is 12.1 Å². The molecule has 1 saturated carbocycles. The molecule has 1 aromatic carbocycles. The summed E-state index contributed by atoms with van der Waals surface area (Å²) in [5.41, 5.74) is -0.121. The number of ether oxygens (including phenoxy) is 1. The molecule has 1 atom stereocenters. The number of para-hydroxylation sites is 1. The molecule has 27 heavy (non-hydrogen) atoms. The number of carbonyl (C=O) groups is 3. The second-order valence-electron chi connectivity index (χ2n) is 6.85. The highest BCUT2D eigenvalue weighted by molar-refractivity contribution is 8.00. The summed E-state index contributed by atoms with van der Waals surface area (Å²) in [6, 6.07) is 9.66. The Kier molecular flexibility index (Phi) is 5.71. The zero-order valence-corrected chi connectivity index (χ0v) is 15.9. The Morgan fingerprint density at radius 3 is 2.85 bits per heavy atom. The lowest BCUT2D eigenvalue weighted by Crippen LogP contribution is -2.48. The largest absolute Gasteiger partial charge is 0.456 e. The molecule has 3 rings (SSSR count). The lowest BCUT2D eigenvalue weighted by molar-refractivity contribution is -0.148. The van der Waals surface area contributed by atoms with Gasteiger partial charge in [-0.3, -0.25) is 14.4 Å². The number of hydrogen-bond acceptors (Lipinski definition) is 6. The van der Waals surface area contributed by atoms with Gasteiger partial charge in [0.05, 0.1) is 23.9 Å². The summed E-state index contributed by atoms with van der Waals surface area (Å²) in [6.45, 7) is 1.46. The zero-order valence-electron chi connectivity index (χ0n) is 15.1. The molecule has 1 heterocycles. The molecule has 8 heteroatoms. The number of nitrogens with one attached hydrogen (secondary N) is 1.